The van der Waals surface area contributed by atoms with Gasteiger partial charge in [-0.2, -0.15) is 5.10 Å². The first-order valence-electron chi connectivity index (χ1n) is 11.5. The first-order valence-corrected chi connectivity index (χ1v) is 12.4. The van der Waals surface area contributed by atoms with Crippen molar-refractivity contribution in [2.75, 3.05) is 31.6 Å². The van der Waals surface area contributed by atoms with Crippen LogP contribution < -0.4 is 15.0 Å². The summed E-state index contributed by atoms with van der Waals surface area (Å²) in [5.41, 5.74) is 2.04. The van der Waals surface area contributed by atoms with Crippen LogP contribution >= 0.6 is 11.3 Å². The third-order valence-electron chi connectivity index (χ3n) is 5.98. The fourth-order valence-corrected chi connectivity index (χ4v) is 4.97. The molecule has 11 heteroatoms. The normalized spacial score (nSPS) is 15.7. The van der Waals surface area contributed by atoms with Crippen molar-refractivity contribution in [3.05, 3.63) is 60.4 Å². The maximum absolute atomic E-state index is 12.9. The van der Waals surface area contributed by atoms with E-state index in [1.165, 1.54) is 12.7 Å². The van der Waals surface area contributed by atoms with Crippen LogP contribution in [0.5, 0.6) is 5.75 Å². The minimum Gasteiger partial charge on any atom is -0.497 e. The van der Waals surface area contributed by atoms with Crippen LogP contribution in [-0.2, 0) is 11.2 Å². The van der Waals surface area contributed by atoms with E-state index in [0.29, 0.717) is 25.3 Å². The molecule has 0 bridgehead atoms. The van der Waals surface area contributed by atoms with Gasteiger partial charge in [0.05, 0.1) is 18.7 Å². The molecule has 35 heavy (non-hydrogen) atoms. The molecule has 4 aromatic rings. The average Bonchev–Trinajstić information content (AvgIpc) is 3.62. The number of rotatable bonds is 8. The smallest absolute Gasteiger partial charge is 0.224 e. The Balaban J connectivity index is 1.14. The lowest BCUT2D eigenvalue weighted by Crippen LogP contribution is -2.43. The number of amides is 1. The van der Waals surface area contributed by atoms with Crippen LogP contribution in [0, 0.1) is 5.92 Å². The number of hydrogen-bond donors (Lipinski definition) is 1. The molecule has 1 N–H and O–H groups in total. The zero-order chi connectivity index (χ0) is 24.0. The number of ether oxygens (including phenoxy) is 1. The van der Waals surface area contributed by atoms with E-state index in [9.17, 15) is 4.79 Å². The van der Waals surface area contributed by atoms with Crippen molar-refractivity contribution in [3.63, 3.8) is 0 Å². The second-order valence-electron chi connectivity index (χ2n) is 8.27. The minimum atomic E-state index is -0.0844. The van der Waals surface area contributed by atoms with Crippen molar-refractivity contribution in [2.45, 2.75) is 19.3 Å². The van der Waals surface area contributed by atoms with Gasteiger partial charge < -0.3 is 15.0 Å². The average molecular weight is 491 g/mol. The number of hydrogen-bond acceptors (Lipinski definition) is 9. The molecule has 1 unspecified atom stereocenters. The van der Waals surface area contributed by atoms with Crippen LogP contribution in [0.4, 0.5) is 5.82 Å². The summed E-state index contributed by atoms with van der Waals surface area (Å²) >= 11 is 1.61. The maximum atomic E-state index is 12.9. The molecule has 10 nitrogen and oxygen atoms in total. The Morgan fingerprint density at radius 1 is 1.20 bits per heavy atom. The summed E-state index contributed by atoms with van der Waals surface area (Å²) in [5.74, 6) is 2.25. The van der Waals surface area contributed by atoms with Crippen molar-refractivity contribution in [3.8, 4) is 22.1 Å². The van der Waals surface area contributed by atoms with E-state index in [2.05, 4.69) is 35.6 Å². The SMILES string of the molecule is COc1ccc(-c2nc(CCNC(=O)C3CCCN(c4cc(-n5cncn5)ncn4)C3)cs2)cc1. The summed E-state index contributed by atoms with van der Waals surface area (Å²) in [7, 11) is 1.66. The van der Waals surface area contributed by atoms with Crippen LogP contribution in [0.15, 0.2) is 54.7 Å². The van der Waals surface area contributed by atoms with E-state index in [0.717, 1.165) is 47.2 Å². The Hall–Kier alpha value is -3.86. The van der Waals surface area contributed by atoms with E-state index < -0.39 is 0 Å². The Labute approximate surface area is 207 Å². The lowest BCUT2D eigenvalue weighted by molar-refractivity contribution is -0.125. The van der Waals surface area contributed by atoms with Gasteiger partial charge in [-0.05, 0) is 37.1 Å². The van der Waals surface area contributed by atoms with Crippen molar-refractivity contribution >= 4 is 23.1 Å². The zero-order valence-corrected chi connectivity index (χ0v) is 20.2. The van der Waals surface area contributed by atoms with Crippen molar-refractivity contribution in [1.82, 2.24) is 35.0 Å². The van der Waals surface area contributed by atoms with Crippen LogP contribution in [0.2, 0.25) is 0 Å². The Morgan fingerprint density at radius 3 is 2.86 bits per heavy atom. The summed E-state index contributed by atoms with van der Waals surface area (Å²) < 4.78 is 6.81. The first-order chi connectivity index (χ1) is 17.2. The summed E-state index contributed by atoms with van der Waals surface area (Å²) in [5, 5.41) is 10.2. The van der Waals surface area contributed by atoms with E-state index >= 15 is 0 Å². The fourth-order valence-electron chi connectivity index (χ4n) is 4.11. The molecular weight excluding hydrogens is 464 g/mol. The Morgan fingerprint density at radius 2 is 2.06 bits per heavy atom. The number of carbonyl (C=O) groups is 1. The van der Waals surface area contributed by atoms with Gasteiger partial charge in [-0.1, -0.05) is 0 Å². The van der Waals surface area contributed by atoms with Crippen molar-refractivity contribution < 1.29 is 9.53 Å². The molecule has 1 fully saturated rings. The van der Waals surface area contributed by atoms with Gasteiger partial charge in [0, 0.05) is 43.1 Å². The highest BCUT2D eigenvalue weighted by atomic mass is 32.1. The zero-order valence-electron chi connectivity index (χ0n) is 19.4. The predicted octanol–water partition coefficient (Wildman–Crippen LogP) is 2.76. The molecule has 0 spiro atoms. The van der Waals surface area contributed by atoms with Crippen molar-refractivity contribution in [1.29, 1.82) is 0 Å². The fraction of sp³-hybridized carbons (Fsp3) is 0.333. The Kier molecular flexibility index (Phi) is 6.94. The summed E-state index contributed by atoms with van der Waals surface area (Å²) in [6, 6.07) is 9.74. The van der Waals surface area contributed by atoms with Gasteiger partial charge in [-0.3, -0.25) is 4.79 Å². The monoisotopic (exact) mass is 490 g/mol. The molecule has 4 heterocycles. The highest BCUT2D eigenvalue weighted by molar-refractivity contribution is 7.13. The van der Waals surface area contributed by atoms with Gasteiger partial charge >= 0.3 is 0 Å². The first kappa shape index (κ1) is 22.9. The molecule has 1 saturated heterocycles. The number of nitrogens with zero attached hydrogens (tertiary/aromatic N) is 7. The summed E-state index contributed by atoms with van der Waals surface area (Å²) in [6.45, 7) is 2.04. The Bertz CT molecular complexity index is 1260. The van der Waals surface area contributed by atoms with Gasteiger partial charge in [-0.15, -0.1) is 11.3 Å². The van der Waals surface area contributed by atoms with Gasteiger partial charge in [0.2, 0.25) is 5.91 Å². The number of piperidine rings is 1. The molecule has 0 radical (unpaired) electrons. The molecule has 1 atom stereocenters. The number of thiazole rings is 1. The molecule has 5 rings (SSSR count). The highest BCUT2D eigenvalue weighted by Gasteiger charge is 2.26. The molecule has 1 aromatic carbocycles. The van der Waals surface area contributed by atoms with Crippen molar-refractivity contribution in [2.24, 2.45) is 5.92 Å². The molecule has 1 aliphatic rings. The van der Waals surface area contributed by atoms with Gasteiger partial charge in [-0.25, -0.2) is 24.6 Å². The number of nitrogens with one attached hydrogen (secondary N) is 1. The molecule has 180 valence electrons. The number of aromatic nitrogens is 6. The van der Waals surface area contributed by atoms with E-state index in [4.69, 9.17) is 9.72 Å². The van der Waals surface area contributed by atoms with Crippen LogP contribution in [0.3, 0.4) is 0 Å². The van der Waals surface area contributed by atoms with E-state index in [1.54, 1.807) is 29.5 Å². The molecular formula is C24H26N8O2S. The lowest BCUT2D eigenvalue weighted by Gasteiger charge is -2.32. The van der Waals surface area contributed by atoms with Gasteiger partial charge in [0.25, 0.3) is 0 Å². The number of methoxy groups -OCH3 is 1. The van der Waals surface area contributed by atoms with Crippen LogP contribution in [0.25, 0.3) is 16.4 Å². The quantitative estimate of drug-likeness (QED) is 0.401. The third-order valence-corrected chi connectivity index (χ3v) is 6.92. The third kappa shape index (κ3) is 5.46. The maximum Gasteiger partial charge on any atom is 0.224 e. The molecule has 3 aromatic heterocycles. The molecule has 1 aliphatic heterocycles. The highest BCUT2D eigenvalue weighted by Crippen LogP contribution is 2.26. The molecule has 0 saturated carbocycles. The summed E-state index contributed by atoms with van der Waals surface area (Å²) in [4.78, 5) is 32.4. The van der Waals surface area contributed by atoms with Crippen LogP contribution in [-0.4, -0.2) is 62.4 Å². The van der Waals surface area contributed by atoms with E-state index in [-0.39, 0.29) is 11.8 Å². The standard InChI is InChI=1S/C24H26N8O2S/c1-34-20-6-4-17(5-7-20)24-30-19(13-35-24)8-9-26-23(33)18-3-2-10-31(12-18)21-11-22(28-15-27-21)32-16-25-14-29-32/h4-7,11,13-16,18H,2-3,8-10,12H2,1H3,(H,26,33). The van der Waals surface area contributed by atoms with E-state index in [1.807, 2.05) is 30.3 Å². The molecule has 1 amide bonds. The largest absolute Gasteiger partial charge is 0.497 e. The minimum absolute atomic E-state index is 0.0749. The summed E-state index contributed by atoms with van der Waals surface area (Å²) in [6.07, 6.45) is 7.07. The number of anilines is 1. The van der Waals surface area contributed by atoms with Crippen LogP contribution in [0.1, 0.15) is 18.5 Å². The number of carbonyl (C=O) groups excluding carboxylic acids is 1. The topological polar surface area (TPSA) is 111 Å². The molecule has 0 aliphatic carbocycles. The predicted molar refractivity (Wildman–Crippen MR) is 133 cm³/mol. The second-order valence-corrected chi connectivity index (χ2v) is 9.13. The van der Waals surface area contributed by atoms with Gasteiger partial charge in [0.1, 0.15) is 35.6 Å². The lowest BCUT2D eigenvalue weighted by atomic mass is 9.97. The second kappa shape index (κ2) is 10.6. The van der Waals surface area contributed by atoms with Gasteiger partial charge in [0.15, 0.2) is 5.82 Å². The number of benzene rings is 1.